The van der Waals surface area contributed by atoms with Crippen LogP contribution < -0.4 is 5.73 Å². The van der Waals surface area contributed by atoms with Crippen LogP contribution in [-0.4, -0.2) is 4.98 Å². The first-order chi connectivity index (χ1) is 8.61. The zero-order chi connectivity index (χ0) is 13.1. The number of benzene rings is 1. The van der Waals surface area contributed by atoms with Gasteiger partial charge < -0.3 is 5.73 Å². The summed E-state index contributed by atoms with van der Waals surface area (Å²) in [6.07, 6.45) is 0. The number of nitrogens with two attached hydrogens (primary N) is 1. The molecule has 1 heterocycles. The van der Waals surface area contributed by atoms with Crippen LogP contribution in [0.4, 0.5) is 0 Å². The Morgan fingerprint density at radius 2 is 2.17 bits per heavy atom. The number of nitrogens with zero attached hydrogens (tertiary/aromatic N) is 2. The minimum atomic E-state index is -0.0251. The van der Waals surface area contributed by atoms with Crippen LogP contribution in [0.5, 0.6) is 0 Å². The molecule has 0 amide bonds. The monoisotopic (exact) mass is 257 g/mol. The van der Waals surface area contributed by atoms with Gasteiger partial charge in [0.15, 0.2) is 0 Å². The smallest absolute Gasteiger partial charge is 0.110 e. The van der Waals surface area contributed by atoms with Crippen molar-refractivity contribution in [1.82, 2.24) is 4.98 Å². The van der Waals surface area contributed by atoms with Crippen molar-refractivity contribution >= 4 is 11.3 Å². The van der Waals surface area contributed by atoms with Gasteiger partial charge in [-0.1, -0.05) is 26.0 Å². The Kier molecular flexibility index (Phi) is 3.75. The van der Waals surface area contributed by atoms with Gasteiger partial charge in [-0.05, 0) is 18.1 Å². The van der Waals surface area contributed by atoms with Crippen LogP contribution in [0.15, 0.2) is 29.6 Å². The molecule has 0 saturated carbocycles. The van der Waals surface area contributed by atoms with Crippen molar-refractivity contribution in [3.63, 3.8) is 0 Å². The van der Waals surface area contributed by atoms with E-state index in [9.17, 15) is 0 Å². The SMILES string of the molecule is CC(C)C(N)c1nc(-c2cccc(C#N)c2)cs1. The molecule has 1 unspecified atom stereocenters. The summed E-state index contributed by atoms with van der Waals surface area (Å²) in [4.78, 5) is 4.56. The second-order valence-corrected chi connectivity index (χ2v) is 5.42. The van der Waals surface area contributed by atoms with E-state index in [-0.39, 0.29) is 6.04 Å². The van der Waals surface area contributed by atoms with Gasteiger partial charge in [0.05, 0.1) is 23.4 Å². The fourth-order valence-electron chi connectivity index (χ4n) is 1.61. The van der Waals surface area contributed by atoms with Crippen molar-refractivity contribution in [2.24, 2.45) is 11.7 Å². The molecule has 3 nitrogen and oxygen atoms in total. The van der Waals surface area contributed by atoms with E-state index in [0.717, 1.165) is 16.3 Å². The van der Waals surface area contributed by atoms with Crippen molar-refractivity contribution in [3.05, 3.63) is 40.2 Å². The van der Waals surface area contributed by atoms with Crippen LogP contribution in [0.1, 0.15) is 30.5 Å². The molecular formula is C14H15N3S. The minimum Gasteiger partial charge on any atom is -0.322 e. The lowest BCUT2D eigenvalue weighted by Gasteiger charge is -2.11. The Labute approximate surface area is 111 Å². The van der Waals surface area contributed by atoms with Crippen molar-refractivity contribution in [3.8, 4) is 17.3 Å². The van der Waals surface area contributed by atoms with Crippen molar-refractivity contribution in [2.45, 2.75) is 19.9 Å². The van der Waals surface area contributed by atoms with Crippen molar-refractivity contribution in [1.29, 1.82) is 5.26 Å². The van der Waals surface area contributed by atoms with E-state index < -0.39 is 0 Å². The molecule has 1 atom stereocenters. The van der Waals surface area contributed by atoms with Crippen molar-refractivity contribution < 1.29 is 0 Å². The van der Waals surface area contributed by atoms with Crippen LogP contribution in [0.3, 0.4) is 0 Å². The highest BCUT2D eigenvalue weighted by molar-refractivity contribution is 7.10. The average molecular weight is 257 g/mol. The van der Waals surface area contributed by atoms with E-state index in [1.54, 1.807) is 17.4 Å². The Bertz CT molecular complexity index is 581. The Morgan fingerprint density at radius 3 is 2.83 bits per heavy atom. The van der Waals surface area contributed by atoms with Gasteiger partial charge in [0, 0.05) is 10.9 Å². The second kappa shape index (κ2) is 5.30. The van der Waals surface area contributed by atoms with Crippen LogP contribution in [0, 0.1) is 17.2 Å². The molecule has 2 rings (SSSR count). The van der Waals surface area contributed by atoms with Crippen LogP contribution in [-0.2, 0) is 0 Å². The molecule has 1 aromatic carbocycles. The summed E-state index contributed by atoms with van der Waals surface area (Å²) in [7, 11) is 0. The van der Waals surface area contributed by atoms with Gasteiger partial charge in [0.25, 0.3) is 0 Å². The molecule has 0 fully saturated rings. The van der Waals surface area contributed by atoms with Gasteiger partial charge in [-0.2, -0.15) is 5.26 Å². The summed E-state index contributed by atoms with van der Waals surface area (Å²) in [5.74, 6) is 0.370. The van der Waals surface area contributed by atoms with Gasteiger partial charge >= 0.3 is 0 Å². The number of hydrogen-bond donors (Lipinski definition) is 1. The van der Waals surface area contributed by atoms with E-state index >= 15 is 0 Å². The fraction of sp³-hybridized carbons (Fsp3) is 0.286. The highest BCUT2D eigenvalue weighted by Gasteiger charge is 2.15. The Hall–Kier alpha value is -1.70. The lowest BCUT2D eigenvalue weighted by molar-refractivity contribution is 0.512. The third kappa shape index (κ3) is 2.58. The molecule has 0 radical (unpaired) electrons. The molecule has 2 N–H and O–H groups in total. The van der Waals surface area contributed by atoms with Gasteiger partial charge in [0.1, 0.15) is 5.01 Å². The molecule has 0 aliphatic heterocycles. The lowest BCUT2D eigenvalue weighted by Crippen LogP contribution is -2.16. The van der Waals surface area contributed by atoms with Gasteiger partial charge in [0.2, 0.25) is 0 Å². The lowest BCUT2D eigenvalue weighted by atomic mass is 10.1. The van der Waals surface area contributed by atoms with Gasteiger partial charge in [-0.15, -0.1) is 11.3 Å². The highest BCUT2D eigenvalue weighted by atomic mass is 32.1. The number of hydrogen-bond acceptors (Lipinski definition) is 4. The summed E-state index contributed by atoms with van der Waals surface area (Å²) >= 11 is 1.58. The molecule has 1 aromatic heterocycles. The van der Waals surface area contributed by atoms with Crippen LogP contribution in [0.2, 0.25) is 0 Å². The molecular weight excluding hydrogens is 242 g/mol. The maximum absolute atomic E-state index is 8.89. The predicted molar refractivity (Wildman–Crippen MR) is 74.0 cm³/mol. The molecule has 0 bridgehead atoms. The second-order valence-electron chi connectivity index (χ2n) is 4.53. The zero-order valence-electron chi connectivity index (χ0n) is 10.4. The minimum absolute atomic E-state index is 0.0251. The first kappa shape index (κ1) is 12.7. The molecule has 0 aliphatic carbocycles. The molecule has 18 heavy (non-hydrogen) atoms. The van der Waals surface area contributed by atoms with E-state index in [2.05, 4.69) is 24.9 Å². The summed E-state index contributed by atoms with van der Waals surface area (Å²) < 4.78 is 0. The first-order valence-corrected chi connectivity index (χ1v) is 6.71. The van der Waals surface area contributed by atoms with Crippen LogP contribution >= 0.6 is 11.3 Å². The van der Waals surface area contributed by atoms with E-state index in [1.165, 1.54) is 0 Å². The standard InChI is InChI=1S/C14H15N3S/c1-9(2)13(16)14-17-12(8-18-14)11-5-3-4-10(6-11)7-15/h3-6,8-9,13H,16H2,1-2H3. The van der Waals surface area contributed by atoms with E-state index in [4.69, 9.17) is 11.0 Å². The molecule has 0 saturated heterocycles. The molecule has 92 valence electrons. The van der Waals surface area contributed by atoms with Crippen LogP contribution in [0.25, 0.3) is 11.3 Å². The molecule has 2 aromatic rings. The summed E-state index contributed by atoms with van der Waals surface area (Å²) in [5.41, 5.74) is 8.59. The maximum atomic E-state index is 8.89. The quantitative estimate of drug-likeness (QED) is 0.917. The Morgan fingerprint density at radius 1 is 1.39 bits per heavy atom. The number of aromatic nitrogens is 1. The summed E-state index contributed by atoms with van der Waals surface area (Å²) in [5, 5.41) is 11.8. The van der Waals surface area contributed by atoms with E-state index in [0.29, 0.717) is 11.5 Å². The maximum Gasteiger partial charge on any atom is 0.110 e. The normalized spacial score (nSPS) is 12.4. The third-order valence-corrected chi connectivity index (χ3v) is 3.76. The van der Waals surface area contributed by atoms with E-state index in [1.807, 2.05) is 23.6 Å². The molecule has 4 heteroatoms. The molecule has 0 spiro atoms. The van der Waals surface area contributed by atoms with Crippen molar-refractivity contribution in [2.75, 3.05) is 0 Å². The van der Waals surface area contributed by atoms with Gasteiger partial charge in [-0.3, -0.25) is 0 Å². The number of thiazole rings is 1. The zero-order valence-corrected chi connectivity index (χ0v) is 11.2. The van der Waals surface area contributed by atoms with Gasteiger partial charge in [-0.25, -0.2) is 4.98 Å². The summed E-state index contributed by atoms with van der Waals surface area (Å²) in [6, 6.07) is 9.58. The third-order valence-electron chi connectivity index (χ3n) is 2.81. The molecule has 0 aliphatic rings. The summed E-state index contributed by atoms with van der Waals surface area (Å²) in [6.45, 7) is 4.17. The average Bonchev–Trinajstić information content (AvgIpc) is 2.87. The topological polar surface area (TPSA) is 62.7 Å². The predicted octanol–water partition coefficient (Wildman–Crippen LogP) is 3.34. The highest BCUT2D eigenvalue weighted by Crippen LogP contribution is 2.27. The number of rotatable bonds is 3. The fourth-order valence-corrected chi connectivity index (χ4v) is 2.61. The Balaban J connectivity index is 2.32. The largest absolute Gasteiger partial charge is 0.322 e. The number of nitriles is 1. The first-order valence-electron chi connectivity index (χ1n) is 5.83.